The molecule has 5 heteroatoms. The normalized spacial score (nSPS) is 22.8. The van der Waals surface area contributed by atoms with Crippen LogP contribution in [-0.4, -0.2) is 45.7 Å². The van der Waals surface area contributed by atoms with Gasteiger partial charge < -0.3 is 10.1 Å². The first-order chi connectivity index (χ1) is 8.07. The first-order valence-electron chi connectivity index (χ1n) is 6.56. The Bertz CT molecular complexity index is 297. The number of rotatable bonds is 8. The lowest BCUT2D eigenvalue weighted by Gasteiger charge is -2.19. The molecule has 1 N–H and O–H groups in total. The van der Waals surface area contributed by atoms with E-state index in [4.69, 9.17) is 4.74 Å². The van der Waals surface area contributed by atoms with Crippen LogP contribution in [0.25, 0.3) is 0 Å². The van der Waals surface area contributed by atoms with E-state index >= 15 is 0 Å². The molecule has 0 aliphatic carbocycles. The van der Waals surface area contributed by atoms with Gasteiger partial charge in [0.2, 0.25) is 0 Å². The fraction of sp³-hybridized carbons (Fsp3) is 1.00. The van der Waals surface area contributed by atoms with Crippen molar-refractivity contribution in [1.82, 2.24) is 5.32 Å². The van der Waals surface area contributed by atoms with E-state index in [1.807, 2.05) is 7.05 Å². The number of hydrogen-bond donors (Lipinski definition) is 1. The van der Waals surface area contributed by atoms with E-state index in [9.17, 15) is 8.42 Å². The van der Waals surface area contributed by atoms with Crippen molar-refractivity contribution in [2.75, 3.05) is 25.2 Å². The highest BCUT2D eigenvalue weighted by atomic mass is 32.2. The number of ether oxygens (including phenoxy) is 1. The summed E-state index contributed by atoms with van der Waals surface area (Å²) in [5.74, 6) is 0.566. The molecule has 1 aliphatic heterocycles. The van der Waals surface area contributed by atoms with Crippen molar-refractivity contribution < 1.29 is 13.2 Å². The fourth-order valence-electron chi connectivity index (χ4n) is 2.22. The average molecular weight is 263 g/mol. The summed E-state index contributed by atoms with van der Waals surface area (Å²) in [4.78, 5) is 0. The van der Waals surface area contributed by atoms with Crippen LogP contribution in [0.4, 0.5) is 0 Å². The Balaban J connectivity index is 2.22. The first kappa shape index (κ1) is 14.9. The van der Waals surface area contributed by atoms with E-state index in [1.165, 1.54) is 0 Å². The van der Waals surface area contributed by atoms with Gasteiger partial charge in [0, 0.05) is 18.4 Å². The van der Waals surface area contributed by atoms with Gasteiger partial charge in [-0.05, 0) is 39.2 Å². The monoisotopic (exact) mass is 263 g/mol. The highest BCUT2D eigenvalue weighted by Crippen LogP contribution is 2.18. The number of sulfone groups is 1. The van der Waals surface area contributed by atoms with Crippen molar-refractivity contribution in [3.05, 3.63) is 0 Å². The third-order valence-corrected chi connectivity index (χ3v) is 5.22. The summed E-state index contributed by atoms with van der Waals surface area (Å²) < 4.78 is 28.3. The Morgan fingerprint density at radius 3 is 2.76 bits per heavy atom. The third-order valence-electron chi connectivity index (χ3n) is 3.43. The van der Waals surface area contributed by atoms with Gasteiger partial charge in [-0.15, -0.1) is 0 Å². The van der Waals surface area contributed by atoms with E-state index in [2.05, 4.69) is 5.32 Å². The maximum absolute atomic E-state index is 11.4. The molecule has 4 nitrogen and oxygen atoms in total. The molecule has 0 aromatic heterocycles. The van der Waals surface area contributed by atoms with Crippen molar-refractivity contribution in [2.24, 2.45) is 0 Å². The summed E-state index contributed by atoms with van der Waals surface area (Å²) >= 11 is 0. The molecule has 0 bridgehead atoms. The maximum atomic E-state index is 11.4. The molecule has 0 amide bonds. The lowest BCUT2D eigenvalue weighted by Crippen LogP contribution is -2.30. The molecule has 1 rings (SSSR count). The molecule has 0 aromatic rings. The van der Waals surface area contributed by atoms with Crippen LogP contribution < -0.4 is 5.32 Å². The Morgan fingerprint density at radius 2 is 2.24 bits per heavy atom. The fourth-order valence-corrected chi connectivity index (χ4v) is 3.12. The second-order valence-electron chi connectivity index (χ2n) is 4.73. The molecule has 2 unspecified atom stereocenters. The summed E-state index contributed by atoms with van der Waals surface area (Å²) in [6.07, 6.45) is 5.33. The second-order valence-corrected chi connectivity index (χ2v) is 7.21. The molecule has 0 saturated carbocycles. The summed E-state index contributed by atoms with van der Waals surface area (Å²) in [5.41, 5.74) is 0. The topological polar surface area (TPSA) is 55.4 Å². The summed E-state index contributed by atoms with van der Waals surface area (Å²) in [7, 11) is -0.871. The minimum Gasteiger partial charge on any atom is -0.378 e. The Morgan fingerprint density at radius 1 is 1.47 bits per heavy atom. The summed E-state index contributed by atoms with van der Waals surface area (Å²) in [6.45, 7) is 2.59. The molecule has 0 aromatic carbocycles. The zero-order valence-corrected chi connectivity index (χ0v) is 11.8. The van der Waals surface area contributed by atoms with Crippen LogP contribution in [0.5, 0.6) is 0 Å². The maximum Gasteiger partial charge on any atom is 0.150 e. The average Bonchev–Trinajstić information content (AvgIpc) is 2.80. The van der Waals surface area contributed by atoms with Gasteiger partial charge in [0.15, 0.2) is 0 Å². The zero-order valence-electron chi connectivity index (χ0n) is 10.9. The predicted octanol–water partition coefficient (Wildman–Crippen LogP) is 1.36. The van der Waals surface area contributed by atoms with Gasteiger partial charge in [0.1, 0.15) is 9.84 Å². The van der Waals surface area contributed by atoms with Gasteiger partial charge in [-0.3, -0.25) is 0 Å². The van der Waals surface area contributed by atoms with Crippen LogP contribution >= 0.6 is 0 Å². The minimum absolute atomic E-state index is 0.253. The van der Waals surface area contributed by atoms with Crippen molar-refractivity contribution in [1.29, 1.82) is 0 Å². The van der Waals surface area contributed by atoms with Crippen molar-refractivity contribution >= 4 is 9.84 Å². The van der Waals surface area contributed by atoms with Crippen molar-refractivity contribution in [2.45, 2.75) is 51.2 Å². The predicted molar refractivity (Wildman–Crippen MR) is 70.0 cm³/mol. The number of hydrogen-bond acceptors (Lipinski definition) is 4. The van der Waals surface area contributed by atoms with E-state index in [0.717, 1.165) is 38.7 Å². The van der Waals surface area contributed by atoms with Crippen molar-refractivity contribution in [3.63, 3.8) is 0 Å². The highest BCUT2D eigenvalue weighted by Gasteiger charge is 2.20. The third kappa shape index (κ3) is 5.84. The standard InChI is InChI=1S/C12H25NO3S/c1-3-17(14,15)9-5-6-11(13-2)10-12-7-4-8-16-12/h11-13H,3-10H2,1-2H3. The Hall–Kier alpha value is -0.130. The highest BCUT2D eigenvalue weighted by molar-refractivity contribution is 7.91. The van der Waals surface area contributed by atoms with Crippen molar-refractivity contribution in [3.8, 4) is 0 Å². The molecule has 2 atom stereocenters. The van der Waals surface area contributed by atoms with Gasteiger partial charge in [-0.1, -0.05) is 6.92 Å². The molecule has 1 aliphatic rings. The Labute approximate surface area is 105 Å². The lowest BCUT2D eigenvalue weighted by atomic mass is 10.0. The van der Waals surface area contributed by atoms with Crippen LogP contribution in [-0.2, 0) is 14.6 Å². The molecule has 17 heavy (non-hydrogen) atoms. The van der Waals surface area contributed by atoms with Crippen LogP contribution in [0.3, 0.4) is 0 Å². The van der Waals surface area contributed by atoms with E-state index in [0.29, 0.717) is 17.9 Å². The largest absolute Gasteiger partial charge is 0.378 e. The Kier molecular flexibility index (Phi) is 6.44. The van der Waals surface area contributed by atoms with Gasteiger partial charge in [0.25, 0.3) is 0 Å². The summed E-state index contributed by atoms with van der Waals surface area (Å²) in [5, 5.41) is 3.26. The SMILES string of the molecule is CCS(=O)(=O)CCCC(CC1CCCO1)NC. The van der Waals surface area contributed by atoms with Crippen LogP contribution in [0, 0.1) is 0 Å². The molecular weight excluding hydrogens is 238 g/mol. The smallest absolute Gasteiger partial charge is 0.150 e. The first-order valence-corrected chi connectivity index (χ1v) is 8.39. The number of nitrogens with one attached hydrogen (secondary N) is 1. The summed E-state index contributed by atoms with van der Waals surface area (Å²) in [6, 6.07) is 0.380. The van der Waals surface area contributed by atoms with Gasteiger partial charge in [-0.25, -0.2) is 8.42 Å². The van der Waals surface area contributed by atoms with Crippen LogP contribution in [0.2, 0.25) is 0 Å². The molecular formula is C12H25NO3S. The zero-order chi connectivity index (χ0) is 12.7. The van der Waals surface area contributed by atoms with Crippen LogP contribution in [0.15, 0.2) is 0 Å². The van der Waals surface area contributed by atoms with E-state index < -0.39 is 9.84 Å². The second kappa shape index (κ2) is 7.34. The van der Waals surface area contributed by atoms with Gasteiger partial charge in [-0.2, -0.15) is 0 Å². The van der Waals surface area contributed by atoms with Gasteiger partial charge in [0.05, 0.1) is 11.9 Å². The van der Waals surface area contributed by atoms with Gasteiger partial charge >= 0.3 is 0 Å². The molecule has 1 heterocycles. The molecule has 0 spiro atoms. The molecule has 102 valence electrons. The van der Waals surface area contributed by atoms with E-state index in [-0.39, 0.29) is 5.75 Å². The lowest BCUT2D eigenvalue weighted by molar-refractivity contribution is 0.0944. The molecule has 1 fully saturated rings. The van der Waals surface area contributed by atoms with Crippen LogP contribution in [0.1, 0.15) is 39.0 Å². The molecule has 0 radical (unpaired) electrons. The molecule has 1 saturated heterocycles. The minimum atomic E-state index is -2.81. The quantitative estimate of drug-likeness (QED) is 0.718. The van der Waals surface area contributed by atoms with E-state index in [1.54, 1.807) is 6.92 Å².